The summed E-state index contributed by atoms with van der Waals surface area (Å²) in [5.41, 5.74) is 1.55. The summed E-state index contributed by atoms with van der Waals surface area (Å²) in [5.74, 6) is -0.128. The molecule has 0 saturated carbocycles. The molecule has 1 saturated heterocycles. The zero-order chi connectivity index (χ0) is 17.9. The van der Waals surface area contributed by atoms with Crippen molar-refractivity contribution >= 4 is 5.91 Å². The third kappa shape index (κ3) is 4.66. The molecule has 1 amide bonds. The van der Waals surface area contributed by atoms with Gasteiger partial charge < -0.3 is 5.32 Å². The van der Waals surface area contributed by atoms with E-state index in [0.29, 0.717) is 5.69 Å². The molecule has 0 bridgehead atoms. The fraction of sp³-hybridized carbons (Fsp3) is 0.526. The summed E-state index contributed by atoms with van der Waals surface area (Å²) >= 11 is 0. The Bertz CT molecular complexity index is 696. The minimum absolute atomic E-state index is 0.128. The van der Waals surface area contributed by atoms with Crippen molar-refractivity contribution in [1.29, 1.82) is 0 Å². The molecule has 1 N–H and O–H groups in total. The number of hydrogen-bond donors (Lipinski definition) is 1. The molecular weight excluding hydrogens is 314 g/mol. The molecular formula is C19H27N5O. The van der Waals surface area contributed by atoms with Crippen LogP contribution in [-0.4, -0.2) is 44.9 Å². The van der Waals surface area contributed by atoms with E-state index in [1.807, 2.05) is 26.8 Å². The highest BCUT2D eigenvalue weighted by Crippen LogP contribution is 2.15. The van der Waals surface area contributed by atoms with Gasteiger partial charge in [-0.05, 0) is 39.2 Å². The number of carbonyl (C=O) groups is 1. The average Bonchev–Trinajstić information content (AvgIpc) is 3.08. The lowest BCUT2D eigenvalue weighted by molar-refractivity contribution is 0.0904. The first-order valence-corrected chi connectivity index (χ1v) is 8.92. The Morgan fingerprint density at radius 3 is 2.48 bits per heavy atom. The van der Waals surface area contributed by atoms with Crippen molar-refractivity contribution in [3.8, 4) is 0 Å². The third-order valence-corrected chi connectivity index (χ3v) is 4.59. The molecule has 1 aromatic carbocycles. The second-order valence-electron chi connectivity index (χ2n) is 7.73. The zero-order valence-electron chi connectivity index (χ0n) is 15.3. The van der Waals surface area contributed by atoms with Crippen LogP contribution in [0.2, 0.25) is 0 Å². The van der Waals surface area contributed by atoms with Crippen LogP contribution in [0.1, 0.15) is 49.7 Å². The van der Waals surface area contributed by atoms with Gasteiger partial charge in [0.1, 0.15) is 0 Å². The van der Waals surface area contributed by atoms with Crippen LogP contribution in [0.5, 0.6) is 0 Å². The number of aromatic nitrogens is 3. The van der Waals surface area contributed by atoms with Crippen LogP contribution in [0.3, 0.4) is 0 Å². The van der Waals surface area contributed by atoms with Gasteiger partial charge in [0.15, 0.2) is 5.69 Å². The zero-order valence-corrected chi connectivity index (χ0v) is 15.3. The van der Waals surface area contributed by atoms with Crippen molar-refractivity contribution in [1.82, 2.24) is 25.2 Å². The van der Waals surface area contributed by atoms with Crippen molar-refractivity contribution in [2.24, 2.45) is 0 Å². The standard InChI is InChI=1S/C19H27N5O/c1-19(2,3)24-14-17(21-22-24)18(25)20-16-9-11-23(12-10-16)13-15-7-5-4-6-8-15/h4-8,14,16H,9-13H2,1-3H3,(H,20,25). The van der Waals surface area contributed by atoms with Gasteiger partial charge in [0.25, 0.3) is 5.91 Å². The van der Waals surface area contributed by atoms with Gasteiger partial charge in [-0.1, -0.05) is 35.5 Å². The van der Waals surface area contributed by atoms with Gasteiger partial charge >= 0.3 is 0 Å². The Balaban J connectivity index is 1.48. The largest absolute Gasteiger partial charge is 0.348 e. The highest BCUT2D eigenvalue weighted by atomic mass is 16.2. The summed E-state index contributed by atoms with van der Waals surface area (Å²) in [6, 6.07) is 10.7. The molecule has 6 heteroatoms. The predicted molar refractivity (Wildman–Crippen MR) is 97.2 cm³/mol. The predicted octanol–water partition coefficient (Wildman–Crippen LogP) is 2.43. The van der Waals surface area contributed by atoms with Crippen molar-refractivity contribution in [2.75, 3.05) is 13.1 Å². The number of piperidine rings is 1. The SMILES string of the molecule is CC(C)(C)n1cc(C(=O)NC2CCN(Cc3ccccc3)CC2)nn1. The van der Waals surface area contributed by atoms with E-state index in [1.54, 1.807) is 10.9 Å². The molecule has 3 rings (SSSR count). The van der Waals surface area contributed by atoms with Gasteiger partial charge in [0.05, 0.1) is 11.7 Å². The van der Waals surface area contributed by atoms with Crippen molar-refractivity contribution in [3.05, 3.63) is 47.8 Å². The van der Waals surface area contributed by atoms with E-state index in [0.717, 1.165) is 32.5 Å². The summed E-state index contributed by atoms with van der Waals surface area (Å²) in [5, 5.41) is 11.2. The molecule has 6 nitrogen and oxygen atoms in total. The van der Waals surface area contributed by atoms with Crippen molar-refractivity contribution in [2.45, 2.75) is 51.7 Å². The van der Waals surface area contributed by atoms with Crippen LogP contribution in [0.15, 0.2) is 36.5 Å². The number of benzene rings is 1. The number of nitrogens with one attached hydrogen (secondary N) is 1. The van der Waals surface area contributed by atoms with Crippen LogP contribution in [0, 0.1) is 0 Å². The summed E-state index contributed by atoms with van der Waals surface area (Å²) in [6.45, 7) is 9.06. The van der Waals surface area contributed by atoms with E-state index < -0.39 is 0 Å². The van der Waals surface area contributed by atoms with Gasteiger partial charge in [-0.25, -0.2) is 4.68 Å². The second-order valence-corrected chi connectivity index (χ2v) is 7.73. The fourth-order valence-corrected chi connectivity index (χ4v) is 3.03. The number of nitrogens with zero attached hydrogens (tertiary/aromatic N) is 4. The molecule has 2 aromatic rings. The lowest BCUT2D eigenvalue weighted by Gasteiger charge is -2.32. The van der Waals surface area contributed by atoms with Gasteiger partial charge in [-0.3, -0.25) is 9.69 Å². The molecule has 0 radical (unpaired) electrons. The molecule has 1 fully saturated rings. The molecule has 1 aliphatic rings. The Kier molecular flexibility index (Phi) is 5.18. The van der Waals surface area contributed by atoms with Gasteiger partial charge in [-0.15, -0.1) is 5.10 Å². The summed E-state index contributed by atoms with van der Waals surface area (Å²) in [7, 11) is 0. The Labute approximate surface area is 149 Å². The van der Waals surface area contributed by atoms with E-state index in [2.05, 4.69) is 44.8 Å². The van der Waals surface area contributed by atoms with Gasteiger partial charge in [0, 0.05) is 25.7 Å². The number of amides is 1. The maximum Gasteiger partial charge on any atom is 0.273 e. The Hall–Kier alpha value is -2.21. The van der Waals surface area contributed by atoms with E-state index in [9.17, 15) is 4.79 Å². The average molecular weight is 341 g/mol. The van der Waals surface area contributed by atoms with Crippen LogP contribution in [0.25, 0.3) is 0 Å². The first kappa shape index (κ1) is 17.6. The van der Waals surface area contributed by atoms with Crippen molar-refractivity contribution < 1.29 is 4.79 Å². The van der Waals surface area contributed by atoms with E-state index in [-0.39, 0.29) is 17.5 Å². The highest BCUT2D eigenvalue weighted by molar-refractivity contribution is 5.92. The van der Waals surface area contributed by atoms with Crippen molar-refractivity contribution in [3.63, 3.8) is 0 Å². The lowest BCUT2D eigenvalue weighted by Crippen LogP contribution is -2.44. The number of rotatable bonds is 4. The molecule has 0 unspecified atom stereocenters. The van der Waals surface area contributed by atoms with E-state index >= 15 is 0 Å². The van der Waals surface area contributed by atoms with Gasteiger partial charge in [-0.2, -0.15) is 0 Å². The quantitative estimate of drug-likeness (QED) is 0.928. The molecule has 2 heterocycles. The topological polar surface area (TPSA) is 63.1 Å². The Morgan fingerprint density at radius 1 is 1.20 bits per heavy atom. The number of likely N-dealkylation sites (tertiary alicyclic amines) is 1. The summed E-state index contributed by atoms with van der Waals surface area (Å²) < 4.78 is 1.73. The first-order valence-electron chi connectivity index (χ1n) is 8.92. The smallest absolute Gasteiger partial charge is 0.273 e. The van der Waals surface area contributed by atoms with Crippen LogP contribution in [0.4, 0.5) is 0 Å². The van der Waals surface area contributed by atoms with E-state index in [1.165, 1.54) is 5.56 Å². The molecule has 0 aliphatic carbocycles. The minimum atomic E-state index is -0.172. The maximum atomic E-state index is 12.4. The van der Waals surface area contributed by atoms with Crippen LogP contribution in [-0.2, 0) is 12.1 Å². The molecule has 0 spiro atoms. The van der Waals surface area contributed by atoms with Crippen LogP contribution < -0.4 is 5.32 Å². The monoisotopic (exact) mass is 341 g/mol. The molecule has 25 heavy (non-hydrogen) atoms. The third-order valence-electron chi connectivity index (χ3n) is 4.59. The fourth-order valence-electron chi connectivity index (χ4n) is 3.03. The van der Waals surface area contributed by atoms with Gasteiger partial charge in [0.2, 0.25) is 0 Å². The molecule has 0 atom stereocenters. The normalized spacial score (nSPS) is 16.8. The van der Waals surface area contributed by atoms with Crippen LogP contribution >= 0.6 is 0 Å². The second kappa shape index (κ2) is 7.35. The summed E-state index contributed by atoms with van der Waals surface area (Å²) in [6.07, 6.45) is 3.65. The van der Waals surface area contributed by atoms with E-state index in [4.69, 9.17) is 0 Å². The minimum Gasteiger partial charge on any atom is -0.348 e. The number of hydrogen-bond acceptors (Lipinski definition) is 4. The number of carbonyl (C=O) groups excluding carboxylic acids is 1. The Morgan fingerprint density at radius 2 is 1.88 bits per heavy atom. The molecule has 134 valence electrons. The summed E-state index contributed by atoms with van der Waals surface area (Å²) in [4.78, 5) is 14.8. The lowest BCUT2D eigenvalue weighted by atomic mass is 10.0. The highest BCUT2D eigenvalue weighted by Gasteiger charge is 2.23. The first-order chi connectivity index (χ1) is 11.9. The molecule has 1 aliphatic heterocycles. The molecule has 1 aromatic heterocycles. The maximum absolute atomic E-state index is 12.4.